The predicted molar refractivity (Wildman–Crippen MR) is 127 cm³/mol. The highest BCUT2D eigenvalue weighted by molar-refractivity contribution is 5.94. The van der Waals surface area contributed by atoms with Crippen molar-refractivity contribution in [3.8, 4) is 5.75 Å². The minimum atomic E-state index is 0.0724. The minimum Gasteiger partial charge on any atom is -0.493 e. The highest BCUT2D eigenvalue weighted by Gasteiger charge is 2.29. The van der Waals surface area contributed by atoms with Crippen LogP contribution in [0.4, 0.5) is 0 Å². The van der Waals surface area contributed by atoms with Gasteiger partial charge in [0.25, 0.3) is 5.91 Å². The van der Waals surface area contributed by atoms with Crippen molar-refractivity contribution >= 4 is 5.91 Å². The molecule has 1 aliphatic heterocycles. The average molecular weight is 464 g/mol. The number of rotatable bonds is 8. The van der Waals surface area contributed by atoms with E-state index in [1.807, 2.05) is 23.1 Å². The number of aromatic amines is 1. The molecule has 5 rings (SSSR count). The Kier molecular flexibility index (Phi) is 6.94. The van der Waals surface area contributed by atoms with Crippen LogP contribution in [-0.2, 0) is 25.9 Å². The zero-order valence-corrected chi connectivity index (χ0v) is 19.8. The van der Waals surface area contributed by atoms with E-state index in [9.17, 15) is 4.79 Å². The lowest BCUT2D eigenvalue weighted by atomic mass is 9.94. The summed E-state index contributed by atoms with van der Waals surface area (Å²) in [5.74, 6) is 1.27. The fraction of sp³-hybridized carbons (Fsp3) is 0.500. The van der Waals surface area contributed by atoms with Crippen molar-refractivity contribution in [1.82, 2.24) is 25.2 Å². The molecular formula is C26H33N5O3. The van der Waals surface area contributed by atoms with Crippen molar-refractivity contribution in [3.63, 3.8) is 0 Å². The molecule has 0 spiro atoms. The largest absolute Gasteiger partial charge is 0.493 e. The van der Waals surface area contributed by atoms with Crippen molar-refractivity contribution in [2.75, 3.05) is 26.7 Å². The molecule has 3 heterocycles. The summed E-state index contributed by atoms with van der Waals surface area (Å²) in [6.45, 7) is 3.71. The molecule has 1 aromatic carbocycles. The van der Waals surface area contributed by atoms with E-state index in [2.05, 4.69) is 39.4 Å². The zero-order valence-electron chi connectivity index (χ0n) is 19.8. The summed E-state index contributed by atoms with van der Waals surface area (Å²) in [4.78, 5) is 17.3. The normalized spacial score (nSPS) is 18.2. The number of carbonyl (C=O) groups is 1. The summed E-state index contributed by atoms with van der Waals surface area (Å²) in [6, 6.07) is 10.1. The molecule has 0 radical (unpaired) electrons. The number of hydrogen-bond acceptors (Lipinski definition) is 6. The van der Waals surface area contributed by atoms with Gasteiger partial charge in [0.1, 0.15) is 12.0 Å². The van der Waals surface area contributed by atoms with Crippen molar-refractivity contribution in [2.45, 2.75) is 51.6 Å². The second kappa shape index (κ2) is 10.4. The van der Waals surface area contributed by atoms with Crippen LogP contribution in [0.1, 0.15) is 58.7 Å². The lowest BCUT2D eigenvalue weighted by molar-refractivity contribution is 0.0626. The molecule has 1 N–H and O–H groups in total. The molecule has 3 aromatic rings. The number of H-pyrrole nitrogens is 1. The van der Waals surface area contributed by atoms with Gasteiger partial charge in [-0.25, -0.2) is 0 Å². The van der Waals surface area contributed by atoms with E-state index in [1.165, 1.54) is 12.0 Å². The van der Waals surface area contributed by atoms with E-state index < -0.39 is 0 Å². The number of nitrogens with zero attached hydrogens (tertiary/aromatic N) is 4. The number of nitrogens with one attached hydrogen (secondary N) is 1. The quantitative estimate of drug-likeness (QED) is 0.546. The van der Waals surface area contributed by atoms with Crippen molar-refractivity contribution in [2.24, 2.45) is 5.92 Å². The second-order valence-electron chi connectivity index (χ2n) is 9.61. The van der Waals surface area contributed by atoms with Crippen LogP contribution in [0.25, 0.3) is 0 Å². The van der Waals surface area contributed by atoms with Crippen molar-refractivity contribution in [3.05, 3.63) is 64.8 Å². The summed E-state index contributed by atoms with van der Waals surface area (Å²) in [6.07, 6.45) is 7.95. The Bertz CT molecular complexity index is 1080. The van der Waals surface area contributed by atoms with Gasteiger partial charge in [-0.15, -0.1) is 0 Å². The monoisotopic (exact) mass is 463 g/mol. The maximum absolute atomic E-state index is 13.2. The summed E-state index contributed by atoms with van der Waals surface area (Å²) >= 11 is 0. The smallest absolute Gasteiger partial charge is 0.274 e. The fourth-order valence-electron chi connectivity index (χ4n) is 5.06. The molecule has 34 heavy (non-hydrogen) atoms. The van der Waals surface area contributed by atoms with Gasteiger partial charge < -0.3 is 14.2 Å². The zero-order chi connectivity index (χ0) is 23.3. The first-order valence-corrected chi connectivity index (χ1v) is 12.3. The minimum absolute atomic E-state index is 0.0724. The summed E-state index contributed by atoms with van der Waals surface area (Å²) in [5.41, 5.74) is 5.07. The number of aryl methyl sites for hydroxylation is 1. The van der Waals surface area contributed by atoms with Gasteiger partial charge >= 0.3 is 0 Å². The first-order valence-electron chi connectivity index (χ1n) is 12.3. The third-order valence-corrected chi connectivity index (χ3v) is 6.85. The number of ether oxygens (including phenoxy) is 1. The SMILES string of the molecule is CN(Cc1ccc(OC[C@H]2CCCN(C(=O)c3n[nH]c4c3CCCC4)C2)cc1)Cc1ccon1. The van der Waals surface area contributed by atoms with E-state index in [0.717, 1.165) is 81.0 Å². The van der Waals surface area contributed by atoms with Crippen LogP contribution >= 0.6 is 0 Å². The summed E-state index contributed by atoms with van der Waals surface area (Å²) in [5, 5.41) is 11.4. The third kappa shape index (κ3) is 5.33. The Morgan fingerprint density at radius 2 is 2.03 bits per heavy atom. The Balaban J connectivity index is 1.11. The van der Waals surface area contributed by atoms with Crippen molar-refractivity contribution in [1.29, 1.82) is 0 Å². The van der Waals surface area contributed by atoms with E-state index in [0.29, 0.717) is 18.2 Å². The van der Waals surface area contributed by atoms with Gasteiger partial charge in [-0.2, -0.15) is 5.10 Å². The van der Waals surface area contributed by atoms with Gasteiger partial charge in [0.15, 0.2) is 5.69 Å². The number of fused-ring (bicyclic) bond motifs is 1. The van der Waals surface area contributed by atoms with E-state index in [-0.39, 0.29) is 5.91 Å². The highest BCUT2D eigenvalue weighted by Crippen LogP contribution is 2.25. The number of benzene rings is 1. The average Bonchev–Trinajstić information content (AvgIpc) is 3.53. The molecule has 0 saturated carbocycles. The third-order valence-electron chi connectivity index (χ3n) is 6.85. The number of aromatic nitrogens is 3. The standard InChI is InChI=1S/C26H33N5O3/c1-30(17-21-12-14-34-29-21)15-19-8-10-22(11-9-19)33-18-20-5-4-13-31(16-20)26(32)25-23-6-2-3-7-24(23)27-28-25/h8-12,14,20H,2-7,13,15-18H2,1H3,(H,27,28)/t20-/m0/s1. The molecule has 1 fully saturated rings. The lowest BCUT2D eigenvalue weighted by Gasteiger charge is -2.32. The Labute approximate surface area is 200 Å². The number of amides is 1. The molecule has 8 nitrogen and oxygen atoms in total. The van der Waals surface area contributed by atoms with Crippen LogP contribution in [0.5, 0.6) is 5.75 Å². The molecule has 2 aliphatic rings. The Hall–Kier alpha value is -3.13. The summed E-state index contributed by atoms with van der Waals surface area (Å²) < 4.78 is 11.0. The van der Waals surface area contributed by atoms with Gasteiger partial charge in [-0.05, 0) is 63.3 Å². The topological polar surface area (TPSA) is 87.5 Å². The van der Waals surface area contributed by atoms with E-state index >= 15 is 0 Å². The Morgan fingerprint density at radius 1 is 1.18 bits per heavy atom. The van der Waals surface area contributed by atoms with Crippen LogP contribution in [0.15, 0.2) is 41.1 Å². The summed E-state index contributed by atoms with van der Waals surface area (Å²) in [7, 11) is 2.06. The van der Waals surface area contributed by atoms with Gasteiger partial charge in [0, 0.05) is 49.4 Å². The maximum atomic E-state index is 13.2. The van der Waals surface area contributed by atoms with Gasteiger partial charge in [-0.3, -0.25) is 14.8 Å². The van der Waals surface area contributed by atoms with Crippen LogP contribution in [0.2, 0.25) is 0 Å². The molecule has 2 aromatic heterocycles. The van der Waals surface area contributed by atoms with E-state index in [4.69, 9.17) is 9.26 Å². The molecule has 180 valence electrons. The van der Waals surface area contributed by atoms with Crippen LogP contribution < -0.4 is 4.74 Å². The lowest BCUT2D eigenvalue weighted by Crippen LogP contribution is -2.42. The van der Waals surface area contributed by atoms with Gasteiger partial charge in [-0.1, -0.05) is 17.3 Å². The van der Waals surface area contributed by atoms with Crippen LogP contribution in [-0.4, -0.2) is 57.8 Å². The molecule has 0 unspecified atom stereocenters. The maximum Gasteiger partial charge on any atom is 0.274 e. The molecular weight excluding hydrogens is 430 g/mol. The molecule has 0 bridgehead atoms. The van der Waals surface area contributed by atoms with Gasteiger partial charge in [0.2, 0.25) is 0 Å². The number of hydrogen-bond donors (Lipinski definition) is 1. The Morgan fingerprint density at radius 3 is 2.85 bits per heavy atom. The predicted octanol–water partition coefficient (Wildman–Crippen LogP) is 3.84. The second-order valence-corrected chi connectivity index (χ2v) is 9.61. The van der Waals surface area contributed by atoms with Crippen LogP contribution in [0, 0.1) is 5.92 Å². The number of carbonyl (C=O) groups excluding carboxylic acids is 1. The first kappa shape index (κ1) is 22.7. The van der Waals surface area contributed by atoms with E-state index in [1.54, 1.807) is 6.26 Å². The van der Waals surface area contributed by atoms with Crippen LogP contribution in [0.3, 0.4) is 0 Å². The van der Waals surface area contributed by atoms with Crippen molar-refractivity contribution < 1.29 is 14.1 Å². The molecule has 8 heteroatoms. The molecule has 1 atom stereocenters. The first-order chi connectivity index (χ1) is 16.7. The number of piperidine rings is 1. The highest BCUT2D eigenvalue weighted by atomic mass is 16.5. The fourth-order valence-corrected chi connectivity index (χ4v) is 5.06. The molecule has 1 aliphatic carbocycles. The molecule has 1 saturated heterocycles. The van der Waals surface area contributed by atoms with Gasteiger partial charge in [0.05, 0.1) is 12.3 Å². The molecule has 1 amide bonds. The number of likely N-dealkylation sites (tertiary alicyclic amines) is 1.